The number of esters is 1. The molecule has 0 aliphatic carbocycles. The van der Waals surface area contributed by atoms with Gasteiger partial charge in [0.25, 0.3) is 0 Å². The first-order valence-electron chi connectivity index (χ1n) is 5.33. The van der Waals surface area contributed by atoms with Crippen LogP contribution in [0.4, 0.5) is 8.78 Å². The first-order valence-corrected chi connectivity index (χ1v) is 5.33. The molecule has 1 rings (SSSR count). The summed E-state index contributed by atoms with van der Waals surface area (Å²) >= 11 is 0. The van der Waals surface area contributed by atoms with Gasteiger partial charge in [-0.05, 0) is 13.0 Å². The average molecular weight is 271 g/mol. The number of alkyl halides is 2. The first-order chi connectivity index (χ1) is 9.04. The molecule has 0 bridgehead atoms. The molecule has 0 aromatic heterocycles. The van der Waals surface area contributed by atoms with Crippen LogP contribution in [0.5, 0.6) is 5.75 Å². The van der Waals surface area contributed by atoms with E-state index in [1.165, 1.54) is 19.1 Å². The predicted molar refractivity (Wildman–Crippen MR) is 59.7 cm³/mol. The van der Waals surface area contributed by atoms with Crippen molar-refractivity contribution in [2.75, 3.05) is 6.61 Å². The Morgan fingerprint density at radius 2 is 2.21 bits per heavy atom. The highest BCUT2D eigenvalue weighted by atomic mass is 19.3. The number of aliphatic hydroxyl groups is 1. The van der Waals surface area contributed by atoms with Gasteiger partial charge < -0.3 is 14.6 Å². The maximum absolute atomic E-state index is 12.4. The number of aliphatic hydroxyl groups excluding tert-OH is 1. The van der Waals surface area contributed by atoms with Gasteiger partial charge in [0.15, 0.2) is 0 Å². The van der Waals surface area contributed by atoms with E-state index < -0.39 is 30.5 Å². The van der Waals surface area contributed by atoms with Gasteiger partial charge in [-0.3, -0.25) is 0 Å². The largest absolute Gasteiger partial charge is 0.462 e. The molecule has 102 valence electrons. The molecule has 0 fully saturated rings. The number of carbonyl (C=O) groups is 1. The minimum atomic E-state index is -3.19. The summed E-state index contributed by atoms with van der Waals surface area (Å²) in [5.41, 5.74) is -0.593. The van der Waals surface area contributed by atoms with Gasteiger partial charge in [0.05, 0.1) is 18.8 Å². The van der Waals surface area contributed by atoms with Crippen LogP contribution < -0.4 is 4.74 Å². The quantitative estimate of drug-likeness (QED) is 0.826. The summed E-state index contributed by atoms with van der Waals surface area (Å²) in [6.45, 7) is -2.25. The number of hydrogen-bond acceptors (Lipinski definition) is 5. The van der Waals surface area contributed by atoms with E-state index >= 15 is 0 Å². The Bertz CT molecular complexity index is 511. The van der Waals surface area contributed by atoms with E-state index in [1.807, 2.05) is 0 Å². The third kappa shape index (κ3) is 3.39. The second kappa shape index (κ2) is 6.66. The molecule has 0 aliphatic heterocycles. The van der Waals surface area contributed by atoms with Crippen LogP contribution in [0, 0.1) is 11.3 Å². The summed E-state index contributed by atoms with van der Waals surface area (Å²) in [6, 6.07) is 4.16. The summed E-state index contributed by atoms with van der Waals surface area (Å²) < 4.78 is 33.7. The van der Waals surface area contributed by atoms with Crippen LogP contribution >= 0.6 is 0 Å². The summed E-state index contributed by atoms with van der Waals surface area (Å²) in [6.07, 6.45) is 0. The molecule has 7 heteroatoms. The van der Waals surface area contributed by atoms with Crippen molar-refractivity contribution >= 4 is 5.97 Å². The highest BCUT2D eigenvalue weighted by Gasteiger charge is 2.24. The van der Waals surface area contributed by atoms with Gasteiger partial charge in [-0.25, -0.2) is 4.79 Å². The normalized spacial score (nSPS) is 10.1. The highest BCUT2D eigenvalue weighted by Crippen LogP contribution is 2.29. The molecule has 1 N–H and O–H groups in total. The van der Waals surface area contributed by atoms with Gasteiger partial charge in [0, 0.05) is 5.56 Å². The number of halogens is 2. The predicted octanol–water partition coefficient (Wildman–Crippen LogP) is 1.83. The molecule has 0 unspecified atom stereocenters. The van der Waals surface area contributed by atoms with Crippen molar-refractivity contribution < 1.29 is 28.2 Å². The summed E-state index contributed by atoms with van der Waals surface area (Å²) in [4.78, 5) is 11.7. The molecule has 0 radical (unpaired) electrons. The summed E-state index contributed by atoms with van der Waals surface area (Å²) in [5.74, 6) is -1.49. The van der Waals surface area contributed by atoms with E-state index in [0.717, 1.165) is 0 Å². The van der Waals surface area contributed by atoms with Crippen molar-refractivity contribution in [3.8, 4) is 11.8 Å². The number of rotatable bonds is 5. The van der Waals surface area contributed by atoms with Gasteiger partial charge in [0.1, 0.15) is 17.4 Å². The van der Waals surface area contributed by atoms with E-state index in [4.69, 9.17) is 15.1 Å². The maximum Gasteiger partial charge on any atom is 0.387 e. The van der Waals surface area contributed by atoms with Crippen molar-refractivity contribution in [3.05, 3.63) is 28.8 Å². The summed E-state index contributed by atoms with van der Waals surface area (Å²) in [5, 5.41) is 18.0. The Balaban J connectivity index is 3.43. The monoisotopic (exact) mass is 271 g/mol. The second-order valence-electron chi connectivity index (χ2n) is 3.35. The number of ether oxygens (including phenoxy) is 2. The lowest BCUT2D eigenvalue weighted by Gasteiger charge is -2.14. The number of nitriles is 1. The molecule has 0 aliphatic rings. The van der Waals surface area contributed by atoms with Crippen LogP contribution in [0.3, 0.4) is 0 Å². The Morgan fingerprint density at radius 1 is 1.53 bits per heavy atom. The number of nitrogens with zero attached hydrogens (tertiary/aromatic N) is 1. The molecule has 0 saturated carbocycles. The highest BCUT2D eigenvalue weighted by molar-refractivity contribution is 5.95. The van der Waals surface area contributed by atoms with Gasteiger partial charge in [-0.15, -0.1) is 0 Å². The standard InChI is InChI=1S/C12H11F2NO4/c1-2-18-11(17)9-7(5-15)3-4-8(6-16)10(9)19-12(13)14/h3-4,12,16H,2,6H2,1H3. The zero-order chi connectivity index (χ0) is 14.4. The number of benzene rings is 1. The van der Waals surface area contributed by atoms with Crippen LogP contribution in [0.1, 0.15) is 28.4 Å². The van der Waals surface area contributed by atoms with E-state index in [0.29, 0.717) is 0 Å². The molecule has 1 aromatic carbocycles. The van der Waals surface area contributed by atoms with Gasteiger partial charge in [-0.1, -0.05) is 6.07 Å². The fourth-order valence-corrected chi connectivity index (χ4v) is 1.47. The van der Waals surface area contributed by atoms with E-state index in [2.05, 4.69) is 4.74 Å². The van der Waals surface area contributed by atoms with Crippen LogP contribution in [0.25, 0.3) is 0 Å². The Morgan fingerprint density at radius 3 is 2.68 bits per heavy atom. The van der Waals surface area contributed by atoms with Crippen molar-refractivity contribution in [2.24, 2.45) is 0 Å². The second-order valence-corrected chi connectivity index (χ2v) is 3.35. The van der Waals surface area contributed by atoms with Crippen LogP contribution in [0.2, 0.25) is 0 Å². The topological polar surface area (TPSA) is 79.6 Å². The molecule has 5 nitrogen and oxygen atoms in total. The molecule has 19 heavy (non-hydrogen) atoms. The van der Waals surface area contributed by atoms with E-state index in [1.54, 1.807) is 6.07 Å². The zero-order valence-corrected chi connectivity index (χ0v) is 10.0. The average Bonchev–Trinajstić information content (AvgIpc) is 2.37. The molecule has 0 saturated heterocycles. The minimum absolute atomic E-state index is 0.0151. The zero-order valence-electron chi connectivity index (χ0n) is 10.0. The van der Waals surface area contributed by atoms with Crippen molar-refractivity contribution in [1.29, 1.82) is 5.26 Å². The maximum atomic E-state index is 12.4. The smallest absolute Gasteiger partial charge is 0.387 e. The van der Waals surface area contributed by atoms with Crippen molar-refractivity contribution in [2.45, 2.75) is 20.1 Å². The van der Waals surface area contributed by atoms with Crippen LogP contribution in [-0.2, 0) is 11.3 Å². The van der Waals surface area contributed by atoms with Crippen molar-refractivity contribution in [1.82, 2.24) is 0 Å². The fourth-order valence-electron chi connectivity index (χ4n) is 1.47. The van der Waals surface area contributed by atoms with Crippen molar-refractivity contribution in [3.63, 3.8) is 0 Å². The lowest BCUT2D eigenvalue weighted by atomic mass is 10.0. The van der Waals surface area contributed by atoms with Gasteiger partial charge in [-0.2, -0.15) is 14.0 Å². The van der Waals surface area contributed by atoms with Crippen LogP contribution in [-0.4, -0.2) is 24.3 Å². The Kier molecular flexibility index (Phi) is 5.21. The molecule has 0 atom stereocenters. The van der Waals surface area contributed by atoms with Gasteiger partial charge in [0.2, 0.25) is 0 Å². The van der Waals surface area contributed by atoms with Crippen LogP contribution in [0.15, 0.2) is 12.1 Å². The molecular weight excluding hydrogens is 260 g/mol. The molecule has 0 spiro atoms. The third-order valence-corrected chi connectivity index (χ3v) is 2.22. The fraction of sp³-hybridized carbons (Fsp3) is 0.333. The molecule has 0 heterocycles. The number of hydrogen-bond donors (Lipinski definition) is 1. The molecular formula is C12H11F2NO4. The van der Waals surface area contributed by atoms with E-state index in [-0.39, 0.29) is 17.7 Å². The SMILES string of the molecule is CCOC(=O)c1c(C#N)ccc(CO)c1OC(F)F. The third-order valence-electron chi connectivity index (χ3n) is 2.22. The lowest BCUT2D eigenvalue weighted by molar-refractivity contribution is -0.0515. The number of carbonyl (C=O) groups excluding carboxylic acids is 1. The Labute approximate surface area is 108 Å². The lowest BCUT2D eigenvalue weighted by Crippen LogP contribution is -2.14. The Hall–Kier alpha value is -2.20. The van der Waals surface area contributed by atoms with Gasteiger partial charge >= 0.3 is 12.6 Å². The minimum Gasteiger partial charge on any atom is -0.462 e. The molecule has 0 amide bonds. The first kappa shape index (κ1) is 14.9. The molecule has 1 aromatic rings. The van der Waals surface area contributed by atoms with E-state index in [9.17, 15) is 13.6 Å². The summed E-state index contributed by atoms with van der Waals surface area (Å²) in [7, 11) is 0.